The van der Waals surface area contributed by atoms with Gasteiger partial charge in [0.25, 0.3) is 11.8 Å². The molecule has 0 unspecified atom stereocenters. The van der Waals surface area contributed by atoms with E-state index in [1.165, 1.54) is 25.7 Å². The first-order valence-electron chi connectivity index (χ1n) is 9.15. The fraction of sp³-hybridized carbons (Fsp3) is 0.526. The lowest BCUT2D eigenvalue weighted by atomic mass is 10.1. The van der Waals surface area contributed by atoms with Gasteiger partial charge in [0.1, 0.15) is 0 Å². The predicted octanol–water partition coefficient (Wildman–Crippen LogP) is 2.75. The average molecular weight is 340 g/mol. The SMILES string of the molecule is Cc1noc(-c2ccc(C(=O)N3CCN(C4CCCC4)CC3)cc2)n1. The van der Waals surface area contributed by atoms with Crippen LogP contribution in [0.5, 0.6) is 0 Å². The van der Waals surface area contributed by atoms with Crippen molar-refractivity contribution in [1.82, 2.24) is 19.9 Å². The fourth-order valence-corrected chi connectivity index (χ4v) is 3.91. The Hall–Kier alpha value is -2.21. The summed E-state index contributed by atoms with van der Waals surface area (Å²) in [6.45, 7) is 5.42. The van der Waals surface area contributed by atoms with Gasteiger partial charge in [-0.2, -0.15) is 4.98 Å². The van der Waals surface area contributed by atoms with E-state index in [0.717, 1.165) is 37.8 Å². The molecule has 4 rings (SSSR count). The normalized spacial score (nSPS) is 19.5. The van der Waals surface area contributed by atoms with E-state index >= 15 is 0 Å². The number of carbonyl (C=O) groups is 1. The standard InChI is InChI=1S/C19H24N4O2/c1-14-20-18(25-21-14)15-6-8-16(9-7-15)19(24)23-12-10-22(11-13-23)17-4-2-3-5-17/h6-9,17H,2-5,10-13H2,1H3. The molecule has 1 amide bonds. The van der Waals surface area contributed by atoms with Crippen LogP contribution in [0.4, 0.5) is 0 Å². The summed E-state index contributed by atoms with van der Waals surface area (Å²) in [5, 5.41) is 3.80. The zero-order chi connectivity index (χ0) is 17.2. The van der Waals surface area contributed by atoms with Crippen LogP contribution in [-0.2, 0) is 0 Å². The number of hydrogen-bond donors (Lipinski definition) is 0. The van der Waals surface area contributed by atoms with Crippen LogP contribution in [-0.4, -0.2) is 58.1 Å². The van der Waals surface area contributed by atoms with Crippen molar-refractivity contribution in [1.29, 1.82) is 0 Å². The van der Waals surface area contributed by atoms with Crippen LogP contribution in [0.3, 0.4) is 0 Å². The summed E-state index contributed by atoms with van der Waals surface area (Å²) in [5.41, 5.74) is 1.55. The van der Waals surface area contributed by atoms with Crippen molar-refractivity contribution < 1.29 is 9.32 Å². The second-order valence-corrected chi connectivity index (χ2v) is 6.99. The minimum absolute atomic E-state index is 0.110. The number of piperazine rings is 1. The lowest BCUT2D eigenvalue weighted by Crippen LogP contribution is -2.51. The van der Waals surface area contributed by atoms with Gasteiger partial charge in [0.2, 0.25) is 0 Å². The highest BCUT2D eigenvalue weighted by Gasteiger charge is 2.28. The molecular formula is C19H24N4O2. The molecule has 2 aliphatic rings. The number of rotatable bonds is 3. The van der Waals surface area contributed by atoms with E-state index in [1.807, 2.05) is 29.2 Å². The van der Waals surface area contributed by atoms with E-state index in [2.05, 4.69) is 15.0 Å². The van der Waals surface area contributed by atoms with Gasteiger partial charge in [-0.15, -0.1) is 0 Å². The van der Waals surface area contributed by atoms with Crippen LogP contribution in [0.2, 0.25) is 0 Å². The third kappa shape index (κ3) is 3.44. The smallest absolute Gasteiger partial charge is 0.257 e. The highest BCUT2D eigenvalue weighted by molar-refractivity contribution is 5.94. The van der Waals surface area contributed by atoms with E-state index in [4.69, 9.17) is 4.52 Å². The van der Waals surface area contributed by atoms with Crippen molar-refractivity contribution in [2.75, 3.05) is 26.2 Å². The van der Waals surface area contributed by atoms with Crippen molar-refractivity contribution in [2.45, 2.75) is 38.6 Å². The van der Waals surface area contributed by atoms with Gasteiger partial charge in [0, 0.05) is 43.3 Å². The third-order valence-electron chi connectivity index (χ3n) is 5.35. The highest BCUT2D eigenvalue weighted by Crippen LogP contribution is 2.25. The Bertz CT molecular complexity index is 726. The summed E-state index contributed by atoms with van der Waals surface area (Å²) < 4.78 is 5.17. The molecule has 132 valence electrons. The van der Waals surface area contributed by atoms with Crippen LogP contribution < -0.4 is 0 Å². The van der Waals surface area contributed by atoms with Gasteiger partial charge in [0.15, 0.2) is 5.82 Å². The molecule has 2 heterocycles. The summed E-state index contributed by atoms with van der Waals surface area (Å²) in [4.78, 5) is 21.5. The minimum Gasteiger partial charge on any atom is -0.336 e. The van der Waals surface area contributed by atoms with Crippen LogP contribution in [0.25, 0.3) is 11.5 Å². The van der Waals surface area contributed by atoms with Crippen LogP contribution in [0, 0.1) is 6.92 Å². The largest absolute Gasteiger partial charge is 0.336 e. The number of amides is 1. The summed E-state index contributed by atoms with van der Waals surface area (Å²) >= 11 is 0. The van der Waals surface area contributed by atoms with E-state index in [-0.39, 0.29) is 5.91 Å². The maximum absolute atomic E-state index is 12.7. The first-order chi connectivity index (χ1) is 12.2. The molecule has 2 fully saturated rings. The Labute approximate surface area is 147 Å². The molecule has 25 heavy (non-hydrogen) atoms. The van der Waals surface area contributed by atoms with Crippen molar-refractivity contribution in [3.63, 3.8) is 0 Å². The van der Waals surface area contributed by atoms with E-state index < -0.39 is 0 Å². The topological polar surface area (TPSA) is 62.5 Å². The molecule has 1 saturated carbocycles. The lowest BCUT2D eigenvalue weighted by molar-refractivity contribution is 0.0573. The van der Waals surface area contributed by atoms with Gasteiger partial charge in [-0.25, -0.2) is 0 Å². The van der Waals surface area contributed by atoms with Gasteiger partial charge in [0.05, 0.1) is 0 Å². The van der Waals surface area contributed by atoms with Crippen LogP contribution in [0.1, 0.15) is 41.9 Å². The Kier molecular flexibility index (Phi) is 4.53. The summed E-state index contributed by atoms with van der Waals surface area (Å²) in [5.74, 6) is 1.20. The molecule has 1 aliphatic carbocycles. The minimum atomic E-state index is 0.110. The monoisotopic (exact) mass is 340 g/mol. The zero-order valence-electron chi connectivity index (χ0n) is 14.6. The molecule has 6 nitrogen and oxygen atoms in total. The van der Waals surface area contributed by atoms with E-state index in [0.29, 0.717) is 17.3 Å². The number of benzene rings is 1. The Balaban J connectivity index is 1.38. The molecule has 0 atom stereocenters. The molecule has 0 radical (unpaired) electrons. The molecule has 1 aromatic heterocycles. The summed E-state index contributed by atoms with van der Waals surface area (Å²) in [7, 11) is 0. The average Bonchev–Trinajstić information content (AvgIpc) is 3.33. The maximum Gasteiger partial charge on any atom is 0.257 e. The quantitative estimate of drug-likeness (QED) is 0.860. The molecule has 0 bridgehead atoms. The second kappa shape index (κ2) is 6.96. The summed E-state index contributed by atoms with van der Waals surface area (Å²) in [6.07, 6.45) is 5.36. The van der Waals surface area contributed by atoms with Gasteiger partial charge in [-0.1, -0.05) is 18.0 Å². The Morgan fingerprint density at radius 2 is 1.76 bits per heavy atom. The molecule has 1 aromatic carbocycles. The first-order valence-corrected chi connectivity index (χ1v) is 9.15. The zero-order valence-corrected chi connectivity index (χ0v) is 14.6. The van der Waals surface area contributed by atoms with Crippen molar-refractivity contribution in [2.24, 2.45) is 0 Å². The maximum atomic E-state index is 12.7. The molecule has 0 spiro atoms. The molecule has 1 aliphatic heterocycles. The van der Waals surface area contributed by atoms with Gasteiger partial charge in [-0.05, 0) is 44.0 Å². The second-order valence-electron chi connectivity index (χ2n) is 6.99. The van der Waals surface area contributed by atoms with Gasteiger partial charge >= 0.3 is 0 Å². The number of aromatic nitrogens is 2. The van der Waals surface area contributed by atoms with Gasteiger partial charge < -0.3 is 9.42 Å². The van der Waals surface area contributed by atoms with Crippen LogP contribution in [0.15, 0.2) is 28.8 Å². The molecular weight excluding hydrogens is 316 g/mol. The summed E-state index contributed by atoms with van der Waals surface area (Å²) in [6, 6.07) is 8.18. The van der Waals surface area contributed by atoms with Crippen molar-refractivity contribution in [3.05, 3.63) is 35.7 Å². The van der Waals surface area contributed by atoms with Gasteiger partial charge in [-0.3, -0.25) is 9.69 Å². The first kappa shape index (κ1) is 16.3. The fourth-order valence-electron chi connectivity index (χ4n) is 3.91. The van der Waals surface area contributed by atoms with Crippen molar-refractivity contribution >= 4 is 5.91 Å². The van der Waals surface area contributed by atoms with E-state index in [1.54, 1.807) is 6.92 Å². The molecule has 1 saturated heterocycles. The van der Waals surface area contributed by atoms with Crippen molar-refractivity contribution in [3.8, 4) is 11.5 Å². The molecule has 6 heteroatoms. The number of carbonyl (C=O) groups excluding carboxylic acids is 1. The molecule has 0 N–H and O–H groups in total. The lowest BCUT2D eigenvalue weighted by Gasteiger charge is -2.38. The Morgan fingerprint density at radius 3 is 2.36 bits per heavy atom. The highest BCUT2D eigenvalue weighted by atomic mass is 16.5. The number of nitrogens with zero attached hydrogens (tertiary/aromatic N) is 4. The number of hydrogen-bond acceptors (Lipinski definition) is 5. The molecule has 2 aromatic rings. The number of aryl methyl sites for hydroxylation is 1. The predicted molar refractivity (Wildman–Crippen MR) is 94.2 cm³/mol. The third-order valence-corrected chi connectivity index (χ3v) is 5.35. The van der Waals surface area contributed by atoms with E-state index in [9.17, 15) is 4.79 Å². The van der Waals surface area contributed by atoms with Crippen LogP contribution >= 0.6 is 0 Å². The Morgan fingerprint density at radius 1 is 1.08 bits per heavy atom.